The summed E-state index contributed by atoms with van der Waals surface area (Å²) in [5.41, 5.74) is -0.434. The molecule has 0 spiro atoms. The van der Waals surface area contributed by atoms with Crippen LogP contribution in [0.5, 0.6) is 5.75 Å². The van der Waals surface area contributed by atoms with Gasteiger partial charge in [0.05, 0.1) is 16.4 Å². The lowest BCUT2D eigenvalue weighted by molar-refractivity contribution is 0.0332. The fraction of sp³-hybridized carbons (Fsp3) is 0.588. The van der Waals surface area contributed by atoms with E-state index >= 15 is 0 Å². The van der Waals surface area contributed by atoms with Crippen molar-refractivity contribution in [3.8, 4) is 11.8 Å². The van der Waals surface area contributed by atoms with E-state index in [0.717, 1.165) is 13.0 Å². The second-order valence-corrected chi connectivity index (χ2v) is 12.5. The van der Waals surface area contributed by atoms with E-state index in [1.54, 1.807) is 9.24 Å². The fourth-order valence-corrected chi connectivity index (χ4v) is 5.53. The van der Waals surface area contributed by atoms with Gasteiger partial charge in [-0.05, 0) is 26.0 Å². The quantitative estimate of drug-likeness (QED) is 0.735. The standard InChI is InChI=1S/C17H21F2NO4P2S/c1-15(8-20)5-9(6-15)24-11-3-4-12(27(22,23)16(2,18)25)13-10(11)7-17(19,26)14(13)21/h3-4,9,14,21H,5-7,25-26H2,1-2H3. The number of ether oxygens (including phenoxy) is 1. The van der Waals surface area contributed by atoms with Crippen molar-refractivity contribution in [1.29, 1.82) is 5.26 Å². The molecule has 1 aromatic rings. The zero-order valence-electron chi connectivity index (χ0n) is 14.9. The number of aliphatic hydroxyl groups excluding tert-OH is 1. The molecule has 2 aliphatic rings. The minimum atomic E-state index is -4.48. The van der Waals surface area contributed by atoms with Crippen LogP contribution in [0.25, 0.3) is 0 Å². The van der Waals surface area contributed by atoms with E-state index in [1.807, 2.05) is 16.2 Å². The summed E-state index contributed by atoms with van der Waals surface area (Å²) >= 11 is 0. The van der Waals surface area contributed by atoms with Crippen LogP contribution in [0.2, 0.25) is 0 Å². The molecule has 1 saturated carbocycles. The Labute approximate surface area is 161 Å². The topological polar surface area (TPSA) is 87.4 Å². The molecule has 0 radical (unpaired) electrons. The maximum atomic E-state index is 14.8. The Morgan fingerprint density at radius 3 is 2.56 bits per heavy atom. The zero-order chi connectivity index (χ0) is 20.4. The number of rotatable bonds is 4. The smallest absolute Gasteiger partial charge is 0.224 e. The summed E-state index contributed by atoms with van der Waals surface area (Å²) in [5, 5.41) is 17.3. The Bertz CT molecular complexity index is 931. The van der Waals surface area contributed by atoms with E-state index in [-0.39, 0.29) is 29.4 Å². The summed E-state index contributed by atoms with van der Waals surface area (Å²) in [4.78, 5) is -0.449. The molecule has 0 heterocycles. The fourth-order valence-electron chi connectivity index (χ4n) is 3.57. The van der Waals surface area contributed by atoms with E-state index in [0.29, 0.717) is 12.8 Å². The van der Waals surface area contributed by atoms with Crippen LogP contribution in [0.15, 0.2) is 17.0 Å². The van der Waals surface area contributed by atoms with Gasteiger partial charge in [-0.15, -0.1) is 0 Å². The van der Waals surface area contributed by atoms with Gasteiger partial charge < -0.3 is 9.84 Å². The largest absolute Gasteiger partial charge is 0.490 e. The van der Waals surface area contributed by atoms with Crippen LogP contribution in [0, 0.1) is 16.7 Å². The summed E-state index contributed by atoms with van der Waals surface area (Å²) in [6.45, 7) is 2.68. The Kier molecular flexibility index (Phi) is 4.88. The average molecular weight is 435 g/mol. The van der Waals surface area contributed by atoms with Gasteiger partial charge >= 0.3 is 0 Å². The molecular formula is C17H21F2NO4P2S. The number of hydrogen-bond acceptors (Lipinski definition) is 5. The van der Waals surface area contributed by atoms with Gasteiger partial charge in [-0.25, -0.2) is 17.2 Å². The lowest BCUT2D eigenvalue weighted by atomic mass is 9.69. The molecular weight excluding hydrogens is 414 g/mol. The van der Waals surface area contributed by atoms with Crippen molar-refractivity contribution >= 4 is 28.3 Å². The van der Waals surface area contributed by atoms with Gasteiger partial charge in [-0.2, -0.15) is 5.26 Å². The first-order valence-corrected chi connectivity index (χ1v) is 11.0. The number of fused-ring (bicyclic) bond motifs is 1. The Balaban J connectivity index is 2.05. The molecule has 0 aliphatic heterocycles. The molecule has 27 heavy (non-hydrogen) atoms. The highest BCUT2D eigenvalue weighted by molar-refractivity contribution is 7.96. The minimum absolute atomic E-state index is 0.168. The molecule has 1 aromatic carbocycles. The minimum Gasteiger partial charge on any atom is -0.490 e. The van der Waals surface area contributed by atoms with Crippen molar-refractivity contribution in [1.82, 2.24) is 0 Å². The summed E-state index contributed by atoms with van der Waals surface area (Å²) < 4.78 is 57.4. The van der Waals surface area contributed by atoms with Crippen LogP contribution in [-0.4, -0.2) is 29.8 Å². The van der Waals surface area contributed by atoms with Gasteiger partial charge in [-0.1, -0.05) is 18.5 Å². The number of nitriles is 1. The molecule has 5 unspecified atom stereocenters. The molecule has 3 rings (SSSR count). The maximum absolute atomic E-state index is 14.8. The molecule has 1 fully saturated rings. The van der Waals surface area contributed by atoms with E-state index in [9.17, 15) is 22.3 Å². The predicted octanol–water partition coefficient (Wildman–Crippen LogP) is 3.18. The third kappa shape index (κ3) is 3.38. The third-order valence-corrected chi connectivity index (χ3v) is 8.62. The van der Waals surface area contributed by atoms with Gasteiger partial charge in [0.25, 0.3) is 0 Å². The number of sulfone groups is 1. The number of alkyl halides is 2. The Hall–Kier alpha value is -0.860. The zero-order valence-corrected chi connectivity index (χ0v) is 18.0. The number of halogens is 2. The van der Waals surface area contributed by atoms with Crippen LogP contribution >= 0.6 is 18.5 Å². The van der Waals surface area contributed by atoms with E-state index in [1.165, 1.54) is 6.07 Å². The SMILES string of the molecule is CC1(C#N)CC(Oc2ccc(S(=O)(=O)C(C)(F)P)c3c2CC(F)(P)C3O)C1. The van der Waals surface area contributed by atoms with Crippen LogP contribution in [0.3, 0.4) is 0 Å². The maximum Gasteiger partial charge on any atom is 0.224 e. The van der Waals surface area contributed by atoms with Crippen molar-refractivity contribution in [2.75, 3.05) is 0 Å². The van der Waals surface area contributed by atoms with E-state index in [2.05, 4.69) is 6.07 Å². The summed E-state index contributed by atoms with van der Waals surface area (Å²) in [5.74, 6) is 0.249. The van der Waals surface area contributed by atoms with E-state index in [4.69, 9.17) is 10.00 Å². The monoisotopic (exact) mass is 435 g/mol. The molecule has 10 heteroatoms. The molecule has 0 amide bonds. The number of benzene rings is 1. The van der Waals surface area contributed by atoms with Crippen molar-refractivity contribution in [3.05, 3.63) is 23.3 Å². The normalized spacial score (nSPS) is 34.9. The summed E-state index contributed by atoms with van der Waals surface area (Å²) in [7, 11) is -0.980. The lowest BCUT2D eigenvalue weighted by Gasteiger charge is -2.39. The van der Waals surface area contributed by atoms with Crippen LogP contribution in [0.1, 0.15) is 43.9 Å². The van der Waals surface area contributed by atoms with Crippen molar-refractivity contribution in [3.63, 3.8) is 0 Å². The molecule has 148 valence electrons. The highest BCUT2D eigenvalue weighted by Crippen LogP contribution is 2.53. The molecule has 0 bridgehead atoms. The van der Waals surface area contributed by atoms with Crippen molar-refractivity contribution < 1.29 is 27.0 Å². The first-order chi connectivity index (χ1) is 12.2. The number of hydrogen-bond donors (Lipinski definition) is 1. The van der Waals surface area contributed by atoms with E-state index < -0.39 is 36.4 Å². The van der Waals surface area contributed by atoms with Crippen LogP contribution in [0.4, 0.5) is 8.78 Å². The number of aliphatic hydroxyl groups is 1. The molecule has 1 N–H and O–H groups in total. The number of nitrogens with zero attached hydrogens (tertiary/aromatic N) is 1. The first-order valence-electron chi connectivity index (χ1n) is 8.34. The molecule has 2 aliphatic carbocycles. The molecule has 0 aromatic heterocycles. The first kappa shape index (κ1) is 20.9. The Morgan fingerprint density at radius 2 is 2.04 bits per heavy atom. The predicted molar refractivity (Wildman–Crippen MR) is 102 cm³/mol. The van der Waals surface area contributed by atoms with Gasteiger partial charge in [0.2, 0.25) is 14.6 Å². The molecule has 5 nitrogen and oxygen atoms in total. The van der Waals surface area contributed by atoms with Gasteiger partial charge in [0, 0.05) is 30.4 Å². The van der Waals surface area contributed by atoms with Crippen molar-refractivity contribution in [2.24, 2.45) is 5.41 Å². The van der Waals surface area contributed by atoms with Gasteiger partial charge in [0.1, 0.15) is 18.0 Å². The van der Waals surface area contributed by atoms with Crippen molar-refractivity contribution in [2.45, 2.75) is 60.4 Å². The highest BCUT2D eigenvalue weighted by atomic mass is 32.2. The lowest BCUT2D eigenvalue weighted by Crippen LogP contribution is -2.41. The molecule has 5 atom stereocenters. The van der Waals surface area contributed by atoms with Gasteiger partial charge in [0.15, 0.2) is 5.41 Å². The van der Waals surface area contributed by atoms with Crippen LogP contribution in [-0.2, 0) is 16.3 Å². The third-order valence-electron chi connectivity index (χ3n) is 5.18. The second kappa shape index (κ2) is 6.32. The second-order valence-electron chi connectivity index (χ2n) is 7.77. The van der Waals surface area contributed by atoms with Gasteiger partial charge in [-0.3, -0.25) is 0 Å². The summed E-state index contributed by atoms with van der Waals surface area (Å²) in [6.07, 6.45) is -1.29. The average Bonchev–Trinajstić information content (AvgIpc) is 2.75. The molecule has 0 saturated heterocycles. The Morgan fingerprint density at radius 1 is 1.44 bits per heavy atom. The summed E-state index contributed by atoms with van der Waals surface area (Å²) in [6, 6.07) is 4.71. The highest BCUT2D eigenvalue weighted by Gasteiger charge is 2.50. The van der Waals surface area contributed by atoms with Crippen LogP contribution < -0.4 is 4.74 Å².